The first-order valence-electron chi connectivity index (χ1n) is 7.27. The van der Waals surface area contributed by atoms with E-state index in [0.29, 0.717) is 24.9 Å². The van der Waals surface area contributed by atoms with Gasteiger partial charge in [0, 0.05) is 19.6 Å². The molecule has 2 atom stereocenters. The normalized spacial score (nSPS) is 24.8. The smallest absolute Gasteiger partial charge is 0.0621 e. The van der Waals surface area contributed by atoms with Gasteiger partial charge in [0.2, 0.25) is 0 Å². The summed E-state index contributed by atoms with van der Waals surface area (Å²) < 4.78 is 0. The highest BCUT2D eigenvalue weighted by Gasteiger charge is 2.25. The summed E-state index contributed by atoms with van der Waals surface area (Å²) in [6.45, 7) is 6.73. The number of aliphatic hydroxyl groups excluding tert-OH is 1. The molecule has 0 aliphatic heterocycles. The predicted molar refractivity (Wildman–Crippen MR) is 74.0 cm³/mol. The van der Waals surface area contributed by atoms with E-state index in [1.807, 2.05) is 0 Å². The zero-order valence-electron chi connectivity index (χ0n) is 11.9. The van der Waals surface area contributed by atoms with Crippen LogP contribution in [0.3, 0.4) is 0 Å². The number of nitrogens with one attached hydrogen (secondary N) is 1. The Balaban J connectivity index is 2.25. The summed E-state index contributed by atoms with van der Waals surface area (Å²) in [6.07, 6.45) is 6.59. The summed E-state index contributed by atoms with van der Waals surface area (Å²) in [5.41, 5.74) is 0.194. The molecule has 0 bridgehead atoms. The van der Waals surface area contributed by atoms with Gasteiger partial charge in [-0.3, -0.25) is 0 Å². The first-order valence-corrected chi connectivity index (χ1v) is 7.27. The number of nitriles is 1. The largest absolute Gasteiger partial charge is 0.396 e. The zero-order chi connectivity index (χ0) is 13.4. The van der Waals surface area contributed by atoms with Gasteiger partial charge in [0.05, 0.1) is 6.07 Å². The molecule has 0 heterocycles. The summed E-state index contributed by atoms with van der Waals surface area (Å²) in [4.78, 5) is 0. The molecule has 104 valence electrons. The Morgan fingerprint density at radius 1 is 1.28 bits per heavy atom. The van der Waals surface area contributed by atoms with Gasteiger partial charge >= 0.3 is 0 Å². The fourth-order valence-corrected chi connectivity index (χ4v) is 2.87. The van der Waals surface area contributed by atoms with Crippen molar-refractivity contribution >= 4 is 0 Å². The van der Waals surface area contributed by atoms with Crippen LogP contribution in [0, 0.1) is 28.6 Å². The highest BCUT2D eigenvalue weighted by molar-refractivity contribution is 4.81. The van der Waals surface area contributed by atoms with Crippen molar-refractivity contribution in [3.8, 4) is 6.07 Å². The predicted octanol–water partition coefficient (Wildman–Crippen LogP) is 2.70. The molecule has 0 saturated heterocycles. The molecule has 2 N–H and O–H groups in total. The lowest BCUT2D eigenvalue weighted by molar-refractivity contribution is 0.130. The molecule has 18 heavy (non-hydrogen) atoms. The molecule has 0 aromatic carbocycles. The monoisotopic (exact) mass is 252 g/mol. The van der Waals surface area contributed by atoms with E-state index in [-0.39, 0.29) is 5.41 Å². The average molecular weight is 252 g/mol. The summed E-state index contributed by atoms with van der Waals surface area (Å²) in [5, 5.41) is 21.5. The van der Waals surface area contributed by atoms with Crippen LogP contribution >= 0.6 is 0 Å². The lowest BCUT2D eigenvalue weighted by atomic mass is 9.79. The molecule has 2 unspecified atom stereocenters. The van der Waals surface area contributed by atoms with E-state index in [0.717, 1.165) is 19.5 Å². The number of nitrogens with zero attached hydrogens (tertiary/aromatic N) is 1. The van der Waals surface area contributed by atoms with Crippen molar-refractivity contribution in [1.29, 1.82) is 5.26 Å². The summed E-state index contributed by atoms with van der Waals surface area (Å²) in [5.74, 6) is 1.13. The Kier molecular flexibility index (Phi) is 6.67. The first-order chi connectivity index (χ1) is 8.59. The van der Waals surface area contributed by atoms with E-state index in [4.69, 9.17) is 5.26 Å². The van der Waals surface area contributed by atoms with Crippen molar-refractivity contribution in [2.75, 3.05) is 19.7 Å². The van der Waals surface area contributed by atoms with Gasteiger partial charge in [-0.25, -0.2) is 0 Å². The Bertz CT molecular complexity index is 270. The third-order valence-electron chi connectivity index (χ3n) is 4.22. The molecule has 1 saturated carbocycles. The second-order valence-corrected chi connectivity index (χ2v) is 6.44. The fraction of sp³-hybridized carbons (Fsp3) is 0.933. The molecule has 3 heteroatoms. The Morgan fingerprint density at radius 2 is 1.94 bits per heavy atom. The van der Waals surface area contributed by atoms with Crippen molar-refractivity contribution in [2.24, 2.45) is 17.3 Å². The quantitative estimate of drug-likeness (QED) is 0.732. The van der Waals surface area contributed by atoms with Gasteiger partial charge < -0.3 is 10.4 Å². The van der Waals surface area contributed by atoms with Gasteiger partial charge in [-0.15, -0.1) is 0 Å². The maximum atomic E-state index is 9.37. The molecule has 0 radical (unpaired) electrons. The minimum absolute atomic E-state index is 0.194. The van der Waals surface area contributed by atoms with E-state index < -0.39 is 0 Å². The van der Waals surface area contributed by atoms with Gasteiger partial charge in [0.25, 0.3) is 0 Å². The zero-order valence-corrected chi connectivity index (χ0v) is 11.9. The average Bonchev–Trinajstić information content (AvgIpc) is 2.37. The fourth-order valence-electron chi connectivity index (χ4n) is 2.87. The number of hydrogen-bond donors (Lipinski definition) is 2. The minimum Gasteiger partial charge on any atom is -0.396 e. The van der Waals surface area contributed by atoms with Crippen LogP contribution in [0.5, 0.6) is 0 Å². The third-order valence-corrected chi connectivity index (χ3v) is 4.22. The van der Waals surface area contributed by atoms with Crippen LogP contribution in [0.2, 0.25) is 0 Å². The van der Waals surface area contributed by atoms with E-state index >= 15 is 0 Å². The van der Waals surface area contributed by atoms with Crippen molar-refractivity contribution < 1.29 is 5.11 Å². The van der Waals surface area contributed by atoms with Gasteiger partial charge in [-0.1, -0.05) is 26.7 Å². The van der Waals surface area contributed by atoms with Crippen LogP contribution in [0.4, 0.5) is 0 Å². The molecule has 1 aliphatic rings. The van der Waals surface area contributed by atoms with Crippen LogP contribution in [0.1, 0.15) is 52.4 Å². The van der Waals surface area contributed by atoms with Crippen molar-refractivity contribution in [3.63, 3.8) is 0 Å². The van der Waals surface area contributed by atoms with Crippen LogP contribution in [-0.4, -0.2) is 24.8 Å². The third kappa shape index (κ3) is 5.37. The molecule has 0 amide bonds. The van der Waals surface area contributed by atoms with Crippen LogP contribution in [0.25, 0.3) is 0 Å². The van der Waals surface area contributed by atoms with E-state index in [1.54, 1.807) is 0 Å². The highest BCUT2D eigenvalue weighted by atomic mass is 16.3. The lowest BCUT2D eigenvalue weighted by Crippen LogP contribution is -2.37. The SMILES string of the molecule is CC(C)(CCC#N)CNCC1CCCCC1CO. The standard InChI is InChI=1S/C15H28N2O/c1-15(2,8-5-9-16)12-17-10-13-6-3-4-7-14(13)11-18/h13-14,17-18H,3-8,10-12H2,1-2H3. The van der Waals surface area contributed by atoms with Crippen LogP contribution < -0.4 is 5.32 Å². The van der Waals surface area contributed by atoms with Crippen molar-refractivity contribution in [3.05, 3.63) is 0 Å². The lowest BCUT2D eigenvalue weighted by Gasteiger charge is -2.32. The molecular weight excluding hydrogens is 224 g/mol. The summed E-state index contributed by atoms with van der Waals surface area (Å²) in [7, 11) is 0. The Labute approximate surface area is 112 Å². The summed E-state index contributed by atoms with van der Waals surface area (Å²) in [6, 6.07) is 2.22. The molecular formula is C15H28N2O. The molecule has 1 aliphatic carbocycles. The van der Waals surface area contributed by atoms with Crippen LogP contribution in [0.15, 0.2) is 0 Å². The second kappa shape index (κ2) is 7.76. The van der Waals surface area contributed by atoms with Crippen molar-refractivity contribution in [2.45, 2.75) is 52.4 Å². The molecule has 1 fully saturated rings. The highest BCUT2D eigenvalue weighted by Crippen LogP contribution is 2.29. The number of aliphatic hydroxyl groups is 1. The summed E-state index contributed by atoms with van der Waals surface area (Å²) >= 11 is 0. The molecule has 0 aromatic rings. The Morgan fingerprint density at radius 3 is 2.56 bits per heavy atom. The van der Waals surface area contributed by atoms with Gasteiger partial charge in [0.15, 0.2) is 0 Å². The maximum Gasteiger partial charge on any atom is 0.0621 e. The molecule has 1 rings (SSSR count). The number of rotatable bonds is 7. The molecule has 3 nitrogen and oxygen atoms in total. The van der Waals surface area contributed by atoms with Crippen molar-refractivity contribution in [1.82, 2.24) is 5.32 Å². The minimum atomic E-state index is 0.194. The number of hydrogen-bond acceptors (Lipinski definition) is 3. The van der Waals surface area contributed by atoms with Crippen LogP contribution in [-0.2, 0) is 0 Å². The van der Waals surface area contributed by atoms with E-state index in [1.165, 1.54) is 25.7 Å². The first kappa shape index (κ1) is 15.5. The maximum absolute atomic E-state index is 9.37. The molecule has 0 aromatic heterocycles. The second-order valence-electron chi connectivity index (χ2n) is 6.44. The topological polar surface area (TPSA) is 56.0 Å². The van der Waals surface area contributed by atoms with Gasteiger partial charge in [-0.05, 0) is 43.1 Å². The van der Waals surface area contributed by atoms with Gasteiger partial charge in [0.1, 0.15) is 0 Å². The van der Waals surface area contributed by atoms with E-state index in [2.05, 4.69) is 25.2 Å². The molecule has 0 spiro atoms. The Hall–Kier alpha value is -0.590. The van der Waals surface area contributed by atoms with Gasteiger partial charge in [-0.2, -0.15) is 5.26 Å². The van der Waals surface area contributed by atoms with E-state index in [9.17, 15) is 5.11 Å².